The first-order chi connectivity index (χ1) is 9.93. The topological polar surface area (TPSA) is 15.3 Å². The van der Waals surface area contributed by atoms with E-state index in [1.807, 2.05) is 6.92 Å². The van der Waals surface area contributed by atoms with Gasteiger partial charge in [0.15, 0.2) is 0 Å². The third kappa shape index (κ3) is 4.57. The van der Waals surface area contributed by atoms with Gasteiger partial charge in [-0.1, -0.05) is 13.3 Å². The lowest BCUT2D eigenvalue weighted by atomic mass is 9.97. The second-order valence-corrected chi connectivity index (χ2v) is 5.32. The summed E-state index contributed by atoms with van der Waals surface area (Å²) in [6.45, 7) is 4.96. The third-order valence-corrected chi connectivity index (χ3v) is 3.84. The lowest BCUT2D eigenvalue weighted by Gasteiger charge is -2.35. The first-order valence-electron chi connectivity index (χ1n) is 7.25. The third-order valence-electron chi connectivity index (χ3n) is 3.84. The fourth-order valence-corrected chi connectivity index (χ4v) is 2.78. The van der Waals surface area contributed by atoms with Crippen LogP contribution in [0.3, 0.4) is 0 Å². The molecule has 0 aromatic heterocycles. The van der Waals surface area contributed by atoms with Gasteiger partial charge in [-0.05, 0) is 24.6 Å². The van der Waals surface area contributed by atoms with Crippen molar-refractivity contribution in [2.24, 2.45) is 0 Å². The molecule has 7 heteroatoms. The fraction of sp³-hybridized carbons (Fsp3) is 0.600. The zero-order chi connectivity index (χ0) is 15.5. The molecule has 126 valence electrons. The van der Waals surface area contributed by atoms with Gasteiger partial charge in [0.1, 0.15) is 5.82 Å². The van der Waals surface area contributed by atoms with E-state index in [4.69, 9.17) is 0 Å². The van der Waals surface area contributed by atoms with Crippen molar-refractivity contribution in [2.75, 3.05) is 26.2 Å². The molecule has 2 nitrogen and oxygen atoms in total. The molecule has 1 fully saturated rings. The number of hydrogen-bond donors (Lipinski definition) is 1. The molecule has 1 N–H and O–H groups in total. The molecular formula is C15H21ClF4N2. The summed E-state index contributed by atoms with van der Waals surface area (Å²) in [6, 6.07) is 2.42. The van der Waals surface area contributed by atoms with E-state index in [1.165, 1.54) is 0 Å². The van der Waals surface area contributed by atoms with Gasteiger partial charge in [0.25, 0.3) is 0 Å². The molecule has 1 atom stereocenters. The van der Waals surface area contributed by atoms with Crippen LogP contribution < -0.4 is 5.32 Å². The zero-order valence-electron chi connectivity index (χ0n) is 12.4. The number of hydrogen-bond acceptors (Lipinski definition) is 2. The van der Waals surface area contributed by atoms with Crippen LogP contribution in [0.5, 0.6) is 0 Å². The maximum absolute atomic E-state index is 14.1. The molecule has 1 saturated heterocycles. The maximum Gasteiger partial charge on any atom is 0.416 e. The second kappa shape index (κ2) is 8.13. The number of halogens is 5. The number of benzene rings is 1. The highest BCUT2D eigenvalue weighted by Crippen LogP contribution is 2.34. The van der Waals surface area contributed by atoms with E-state index in [0.29, 0.717) is 6.42 Å². The molecule has 0 saturated carbocycles. The van der Waals surface area contributed by atoms with Gasteiger partial charge in [-0.3, -0.25) is 4.90 Å². The van der Waals surface area contributed by atoms with E-state index >= 15 is 0 Å². The van der Waals surface area contributed by atoms with E-state index in [9.17, 15) is 17.6 Å². The molecule has 22 heavy (non-hydrogen) atoms. The van der Waals surface area contributed by atoms with Gasteiger partial charge >= 0.3 is 6.18 Å². The lowest BCUT2D eigenvalue weighted by Crippen LogP contribution is -2.45. The molecule has 0 aliphatic carbocycles. The number of alkyl halides is 3. The summed E-state index contributed by atoms with van der Waals surface area (Å²) < 4.78 is 52.6. The van der Waals surface area contributed by atoms with Crippen LogP contribution in [0.2, 0.25) is 0 Å². The summed E-state index contributed by atoms with van der Waals surface area (Å²) in [5.41, 5.74) is -0.622. The Morgan fingerprint density at radius 2 is 1.86 bits per heavy atom. The van der Waals surface area contributed by atoms with Crippen LogP contribution in [0, 0.1) is 5.82 Å². The first kappa shape index (κ1) is 19.2. The molecule has 1 heterocycles. The summed E-state index contributed by atoms with van der Waals surface area (Å²) in [7, 11) is 0. The minimum absolute atomic E-state index is 0. The van der Waals surface area contributed by atoms with Gasteiger partial charge in [0.2, 0.25) is 0 Å². The van der Waals surface area contributed by atoms with Crippen molar-refractivity contribution in [1.29, 1.82) is 0 Å². The molecule has 0 spiro atoms. The lowest BCUT2D eigenvalue weighted by molar-refractivity contribution is -0.137. The van der Waals surface area contributed by atoms with Crippen LogP contribution in [0.1, 0.15) is 36.9 Å². The van der Waals surface area contributed by atoms with E-state index in [-0.39, 0.29) is 24.0 Å². The molecule has 1 aliphatic heterocycles. The van der Waals surface area contributed by atoms with Crippen molar-refractivity contribution in [3.8, 4) is 0 Å². The van der Waals surface area contributed by atoms with Gasteiger partial charge in [0.05, 0.1) is 5.56 Å². The first-order valence-corrected chi connectivity index (χ1v) is 7.25. The Hall–Kier alpha value is -0.850. The fourth-order valence-electron chi connectivity index (χ4n) is 2.78. The van der Waals surface area contributed by atoms with Crippen LogP contribution in [0.4, 0.5) is 17.6 Å². The minimum Gasteiger partial charge on any atom is -0.314 e. The summed E-state index contributed by atoms with van der Waals surface area (Å²) in [5, 5.41) is 3.20. The number of nitrogens with zero attached hydrogens (tertiary/aromatic N) is 1. The van der Waals surface area contributed by atoms with Crippen molar-refractivity contribution in [2.45, 2.75) is 32.0 Å². The van der Waals surface area contributed by atoms with Gasteiger partial charge in [-0.2, -0.15) is 13.2 Å². The Balaban J connectivity index is 0.00000242. The van der Waals surface area contributed by atoms with E-state index < -0.39 is 17.6 Å². The Morgan fingerprint density at radius 1 is 1.23 bits per heavy atom. The molecule has 0 bridgehead atoms. The van der Waals surface area contributed by atoms with Crippen molar-refractivity contribution < 1.29 is 17.6 Å². The van der Waals surface area contributed by atoms with Crippen LogP contribution in [-0.2, 0) is 6.18 Å². The largest absolute Gasteiger partial charge is 0.416 e. The molecule has 0 amide bonds. The summed E-state index contributed by atoms with van der Waals surface area (Å²) in [5.74, 6) is -0.556. The van der Waals surface area contributed by atoms with E-state index in [0.717, 1.165) is 50.8 Å². The predicted octanol–water partition coefficient (Wildman–Crippen LogP) is 4.01. The Kier molecular flexibility index (Phi) is 7.09. The van der Waals surface area contributed by atoms with Crippen molar-refractivity contribution in [3.05, 3.63) is 35.1 Å². The molecule has 0 radical (unpaired) electrons. The Bertz CT molecular complexity index is 473. The normalized spacial score (nSPS) is 17.9. The molecule has 2 rings (SSSR count). The quantitative estimate of drug-likeness (QED) is 0.833. The smallest absolute Gasteiger partial charge is 0.314 e. The highest BCUT2D eigenvalue weighted by molar-refractivity contribution is 5.85. The summed E-state index contributed by atoms with van der Waals surface area (Å²) >= 11 is 0. The number of piperazine rings is 1. The molecule has 1 aromatic rings. The van der Waals surface area contributed by atoms with Gasteiger partial charge in [-0.25, -0.2) is 4.39 Å². The Labute approximate surface area is 134 Å². The average Bonchev–Trinajstić information content (AvgIpc) is 2.45. The number of rotatable bonds is 4. The maximum atomic E-state index is 14.1. The summed E-state index contributed by atoms with van der Waals surface area (Å²) in [4.78, 5) is 2.07. The average molecular weight is 341 g/mol. The van der Waals surface area contributed by atoms with E-state index in [2.05, 4.69) is 10.2 Å². The zero-order valence-corrected chi connectivity index (χ0v) is 13.2. The van der Waals surface area contributed by atoms with Crippen molar-refractivity contribution in [1.82, 2.24) is 10.2 Å². The monoisotopic (exact) mass is 340 g/mol. The standard InChI is InChI=1S/C15H20F4N2.ClH/c1-2-3-14(21-8-6-20-7-9-21)12-10-11(15(17,18)19)4-5-13(12)16;/h4-5,10,14,20H,2-3,6-9H2,1H3;1H/t14-;/m0./s1. The van der Waals surface area contributed by atoms with Crippen molar-refractivity contribution >= 4 is 12.4 Å². The molecular weight excluding hydrogens is 320 g/mol. The molecule has 0 unspecified atom stereocenters. The van der Waals surface area contributed by atoms with Gasteiger partial charge < -0.3 is 5.32 Å². The van der Waals surface area contributed by atoms with Gasteiger partial charge in [-0.15, -0.1) is 12.4 Å². The van der Waals surface area contributed by atoms with Crippen LogP contribution in [-0.4, -0.2) is 31.1 Å². The predicted molar refractivity (Wildman–Crippen MR) is 80.7 cm³/mol. The number of nitrogens with one attached hydrogen (secondary N) is 1. The van der Waals surface area contributed by atoms with Crippen LogP contribution in [0.15, 0.2) is 18.2 Å². The highest BCUT2D eigenvalue weighted by atomic mass is 35.5. The van der Waals surface area contributed by atoms with Crippen molar-refractivity contribution in [3.63, 3.8) is 0 Å². The molecule has 1 aliphatic rings. The highest BCUT2D eigenvalue weighted by Gasteiger charge is 2.33. The SMILES string of the molecule is CCC[C@@H](c1cc(C(F)(F)F)ccc1F)N1CCNCC1.Cl. The van der Waals surface area contributed by atoms with Gasteiger partial charge in [0, 0.05) is 37.8 Å². The second-order valence-electron chi connectivity index (χ2n) is 5.32. The minimum atomic E-state index is -4.44. The van der Waals surface area contributed by atoms with Crippen LogP contribution in [0.25, 0.3) is 0 Å². The van der Waals surface area contributed by atoms with Crippen LogP contribution >= 0.6 is 12.4 Å². The van der Waals surface area contributed by atoms with E-state index in [1.54, 1.807) is 0 Å². The molecule has 1 aromatic carbocycles. The summed E-state index contributed by atoms with van der Waals surface area (Å²) in [6.07, 6.45) is -2.99. The Morgan fingerprint density at radius 3 is 2.41 bits per heavy atom.